The van der Waals surface area contributed by atoms with Crippen LogP contribution in [-0.4, -0.2) is 52.4 Å². The van der Waals surface area contributed by atoms with Crippen LogP contribution in [0.1, 0.15) is 38.4 Å². The molecule has 0 aliphatic carbocycles. The first kappa shape index (κ1) is 19.5. The molecule has 0 bridgehead atoms. The van der Waals surface area contributed by atoms with Gasteiger partial charge in [0, 0.05) is 56.2 Å². The Bertz CT molecular complexity index is 852. The van der Waals surface area contributed by atoms with E-state index in [1.165, 1.54) is 0 Å². The molecule has 2 aromatic rings. The van der Waals surface area contributed by atoms with Gasteiger partial charge in [-0.2, -0.15) is 0 Å². The van der Waals surface area contributed by atoms with Crippen LogP contribution in [0.5, 0.6) is 0 Å². The summed E-state index contributed by atoms with van der Waals surface area (Å²) in [5, 5.41) is 1.16. The number of nitrogens with zero attached hydrogens (tertiary/aromatic N) is 3. The fraction of sp³-hybridized carbons (Fsp3) is 0.545. The second kappa shape index (κ2) is 7.37. The van der Waals surface area contributed by atoms with Crippen LogP contribution in [0.4, 0.5) is 0 Å². The van der Waals surface area contributed by atoms with Gasteiger partial charge in [0.25, 0.3) is 0 Å². The third kappa shape index (κ3) is 4.18. The van der Waals surface area contributed by atoms with Crippen LogP contribution in [0.25, 0.3) is 10.9 Å². The summed E-state index contributed by atoms with van der Waals surface area (Å²) < 4.78 is 2.15. The van der Waals surface area contributed by atoms with Crippen molar-refractivity contribution >= 4 is 22.7 Å². The van der Waals surface area contributed by atoms with Crippen molar-refractivity contribution in [1.29, 1.82) is 0 Å². The zero-order chi connectivity index (χ0) is 19.8. The molecule has 3 rings (SSSR count). The van der Waals surface area contributed by atoms with Gasteiger partial charge >= 0.3 is 0 Å². The molecule has 2 heterocycles. The Morgan fingerprint density at radius 2 is 1.52 bits per heavy atom. The topological polar surface area (TPSA) is 45.6 Å². The summed E-state index contributed by atoms with van der Waals surface area (Å²) in [6, 6.07) is 8.24. The van der Waals surface area contributed by atoms with E-state index < -0.39 is 0 Å². The molecule has 0 spiro atoms. The number of piperazine rings is 1. The number of aryl methyl sites for hydroxylation is 1. The predicted molar refractivity (Wildman–Crippen MR) is 109 cm³/mol. The molecule has 0 N–H and O–H groups in total. The molecule has 1 fully saturated rings. The Morgan fingerprint density at radius 3 is 2.11 bits per heavy atom. The standard InChI is InChI=1S/C22H31N3O2/c1-16-18(17-8-6-7-9-19(17)23(16)5)14-20(26)24-10-12-25(13-11-24)21(27)15-22(2,3)4/h6-9H,10-15H2,1-5H3. The maximum absolute atomic E-state index is 12.9. The highest BCUT2D eigenvalue weighted by Gasteiger charge is 2.27. The molecule has 0 atom stereocenters. The van der Waals surface area contributed by atoms with Gasteiger partial charge < -0.3 is 14.4 Å². The van der Waals surface area contributed by atoms with Gasteiger partial charge in [-0.3, -0.25) is 9.59 Å². The van der Waals surface area contributed by atoms with E-state index in [2.05, 4.69) is 44.4 Å². The minimum Gasteiger partial charge on any atom is -0.348 e. The van der Waals surface area contributed by atoms with Gasteiger partial charge in [-0.1, -0.05) is 39.0 Å². The molecule has 5 nitrogen and oxygen atoms in total. The van der Waals surface area contributed by atoms with E-state index in [4.69, 9.17) is 0 Å². The molecule has 1 aliphatic heterocycles. The van der Waals surface area contributed by atoms with Crippen molar-refractivity contribution in [3.63, 3.8) is 0 Å². The van der Waals surface area contributed by atoms with E-state index in [1.807, 2.05) is 29.0 Å². The molecule has 2 amide bonds. The van der Waals surface area contributed by atoms with Gasteiger partial charge in [-0.25, -0.2) is 0 Å². The highest BCUT2D eigenvalue weighted by molar-refractivity contribution is 5.90. The molecule has 27 heavy (non-hydrogen) atoms. The summed E-state index contributed by atoms with van der Waals surface area (Å²) >= 11 is 0. The van der Waals surface area contributed by atoms with Crippen LogP contribution in [-0.2, 0) is 23.1 Å². The van der Waals surface area contributed by atoms with Gasteiger partial charge in [0.2, 0.25) is 11.8 Å². The van der Waals surface area contributed by atoms with E-state index in [9.17, 15) is 9.59 Å². The zero-order valence-electron chi connectivity index (χ0n) is 17.2. The highest BCUT2D eigenvalue weighted by Crippen LogP contribution is 2.26. The van der Waals surface area contributed by atoms with Gasteiger partial charge in [0.05, 0.1) is 6.42 Å². The number of fused-ring (bicyclic) bond motifs is 1. The van der Waals surface area contributed by atoms with Crippen molar-refractivity contribution in [3.05, 3.63) is 35.5 Å². The zero-order valence-corrected chi connectivity index (χ0v) is 17.2. The summed E-state index contributed by atoms with van der Waals surface area (Å²) in [6.45, 7) is 10.8. The first-order valence-electron chi connectivity index (χ1n) is 9.76. The van der Waals surface area contributed by atoms with Gasteiger partial charge in [-0.15, -0.1) is 0 Å². The molecule has 5 heteroatoms. The number of hydrogen-bond acceptors (Lipinski definition) is 2. The first-order chi connectivity index (χ1) is 12.7. The van der Waals surface area contributed by atoms with Crippen molar-refractivity contribution in [2.24, 2.45) is 12.5 Å². The SMILES string of the molecule is Cc1c(CC(=O)N2CCN(C(=O)CC(C)(C)C)CC2)c2ccccc2n1C. The second-order valence-corrected chi connectivity index (χ2v) is 8.82. The van der Waals surface area contributed by atoms with E-state index >= 15 is 0 Å². The molecule has 0 saturated carbocycles. The summed E-state index contributed by atoms with van der Waals surface area (Å²) in [7, 11) is 2.05. The summed E-state index contributed by atoms with van der Waals surface area (Å²) in [5.41, 5.74) is 3.42. The van der Waals surface area contributed by atoms with Crippen LogP contribution in [0, 0.1) is 12.3 Å². The Hall–Kier alpha value is -2.30. The van der Waals surface area contributed by atoms with E-state index in [-0.39, 0.29) is 17.2 Å². The molecule has 146 valence electrons. The molecular formula is C22H31N3O2. The molecular weight excluding hydrogens is 338 g/mol. The second-order valence-electron chi connectivity index (χ2n) is 8.82. The lowest BCUT2D eigenvalue weighted by Crippen LogP contribution is -2.51. The molecule has 0 unspecified atom stereocenters. The minimum absolute atomic E-state index is 0.00404. The summed E-state index contributed by atoms with van der Waals surface area (Å²) in [6.07, 6.45) is 0.971. The monoisotopic (exact) mass is 369 g/mol. The quantitative estimate of drug-likeness (QED) is 0.834. The molecule has 0 radical (unpaired) electrons. The number of hydrogen-bond donors (Lipinski definition) is 0. The number of rotatable bonds is 3. The van der Waals surface area contributed by atoms with E-state index in [1.54, 1.807) is 0 Å². The van der Waals surface area contributed by atoms with E-state index in [0.717, 1.165) is 22.2 Å². The number of carbonyl (C=O) groups excluding carboxylic acids is 2. The molecule has 1 aliphatic rings. The van der Waals surface area contributed by atoms with Crippen LogP contribution in [0.15, 0.2) is 24.3 Å². The third-order valence-electron chi connectivity index (χ3n) is 5.53. The number of aromatic nitrogens is 1. The number of amides is 2. The predicted octanol–water partition coefficient (Wildman–Crippen LogP) is 3.14. The molecule has 1 aromatic heterocycles. The van der Waals surface area contributed by atoms with Crippen LogP contribution < -0.4 is 0 Å². The maximum Gasteiger partial charge on any atom is 0.227 e. The fourth-order valence-corrected chi connectivity index (χ4v) is 3.86. The number of carbonyl (C=O) groups is 2. The average molecular weight is 370 g/mol. The van der Waals surface area contributed by atoms with Crippen molar-refractivity contribution in [1.82, 2.24) is 14.4 Å². The van der Waals surface area contributed by atoms with Crippen molar-refractivity contribution < 1.29 is 9.59 Å². The van der Waals surface area contributed by atoms with E-state index in [0.29, 0.717) is 39.0 Å². The summed E-state index contributed by atoms with van der Waals surface area (Å²) in [5.74, 6) is 0.344. The smallest absolute Gasteiger partial charge is 0.227 e. The summed E-state index contributed by atoms with van der Waals surface area (Å²) in [4.78, 5) is 29.1. The Morgan fingerprint density at radius 1 is 0.963 bits per heavy atom. The normalized spacial score (nSPS) is 15.4. The van der Waals surface area contributed by atoms with Gasteiger partial charge in [-0.05, 0) is 24.0 Å². The third-order valence-corrected chi connectivity index (χ3v) is 5.53. The lowest BCUT2D eigenvalue weighted by atomic mass is 9.91. The largest absolute Gasteiger partial charge is 0.348 e. The lowest BCUT2D eigenvalue weighted by molar-refractivity contribution is -0.140. The maximum atomic E-state index is 12.9. The lowest BCUT2D eigenvalue weighted by Gasteiger charge is -2.36. The minimum atomic E-state index is -0.00404. The average Bonchev–Trinajstić information content (AvgIpc) is 2.86. The fourth-order valence-electron chi connectivity index (χ4n) is 3.86. The Kier molecular flexibility index (Phi) is 5.31. The first-order valence-corrected chi connectivity index (χ1v) is 9.76. The molecule has 1 aromatic carbocycles. The van der Waals surface area contributed by atoms with Crippen molar-refractivity contribution in [2.45, 2.75) is 40.5 Å². The molecule has 1 saturated heterocycles. The Balaban J connectivity index is 1.64. The Labute approximate surface area is 161 Å². The number of para-hydroxylation sites is 1. The van der Waals surface area contributed by atoms with Crippen LogP contribution in [0.2, 0.25) is 0 Å². The van der Waals surface area contributed by atoms with Crippen molar-refractivity contribution in [3.8, 4) is 0 Å². The van der Waals surface area contributed by atoms with Gasteiger partial charge in [0.1, 0.15) is 0 Å². The van der Waals surface area contributed by atoms with Crippen molar-refractivity contribution in [2.75, 3.05) is 26.2 Å². The number of benzene rings is 1. The van der Waals surface area contributed by atoms with Gasteiger partial charge in [0.15, 0.2) is 0 Å². The highest BCUT2D eigenvalue weighted by atomic mass is 16.2. The van der Waals surface area contributed by atoms with Crippen LogP contribution in [0.3, 0.4) is 0 Å². The van der Waals surface area contributed by atoms with Crippen LogP contribution >= 0.6 is 0 Å².